The van der Waals surface area contributed by atoms with Crippen molar-refractivity contribution < 1.29 is 13.2 Å². The summed E-state index contributed by atoms with van der Waals surface area (Å²) in [6, 6.07) is 10.7. The van der Waals surface area contributed by atoms with Crippen molar-refractivity contribution in [1.82, 2.24) is 0 Å². The van der Waals surface area contributed by atoms with Crippen LogP contribution in [0.25, 0.3) is 0 Å². The van der Waals surface area contributed by atoms with Gasteiger partial charge in [0, 0.05) is 12.1 Å². The van der Waals surface area contributed by atoms with Gasteiger partial charge < -0.3 is 4.74 Å². The van der Waals surface area contributed by atoms with E-state index in [-0.39, 0.29) is 0 Å². The van der Waals surface area contributed by atoms with Gasteiger partial charge in [0.15, 0.2) is 0 Å². The molecule has 4 nitrogen and oxygen atoms in total. The van der Waals surface area contributed by atoms with E-state index in [0.717, 1.165) is 28.9 Å². The Bertz CT molecular complexity index is 797. The predicted molar refractivity (Wildman–Crippen MR) is 82.4 cm³/mol. The standard InChI is InChI=1S/C16H17NO3S/c1-11-3-6-16(12(2)9-11)21(18,19)17-14-4-5-15-13(10-14)7-8-20-15/h3-6,9-10,17H,7-8H2,1-2H3. The van der Waals surface area contributed by atoms with Gasteiger partial charge in [0.2, 0.25) is 0 Å². The summed E-state index contributed by atoms with van der Waals surface area (Å²) in [7, 11) is -3.57. The second-order valence-electron chi connectivity index (χ2n) is 5.30. The Hall–Kier alpha value is -2.01. The lowest BCUT2D eigenvalue weighted by molar-refractivity contribution is 0.357. The Morgan fingerprint density at radius 3 is 2.67 bits per heavy atom. The molecule has 2 aromatic carbocycles. The molecule has 3 rings (SSSR count). The van der Waals surface area contributed by atoms with Gasteiger partial charge in [-0.1, -0.05) is 17.7 Å². The van der Waals surface area contributed by atoms with E-state index < -0.39 is 10.0 Å². The van der Waals surface area contributed by atoms with Crippen molar-refractivity contribution in [2.75, 3.05) is 11.3 Å². The molecule has 0 bridgehead atoms. The maximum Gasteiger partial charge on any atom is 0.262 e. The minimum absolute atomic E-state index is 0.310. The molecule has 0 spiro atoms. The van der Waals surface area contributed by atoms with E-state index in [1.54, 1.807) is 25.1 Å². The van der Waals surface area contributed by atoms with Crippen molar-refractivity contribution in [3.05, 3.63) is 53.1 Å². The Balaban J connectivity index is 1.92. The summed E-state index contributed by atoms with van der Waals surface area (Å²) in [5.74, 6) is 0.837. The van der Waals surface area contributed by atoms with Gasteiger partial charge in [-0.2, -0.15) is 0 Å². The van der Waals surface area contributed by atoms with Crippen LogP contribution in [0, 0.1) is 13.8 Å². The van der Waals surface area contributed by atoms with E-state index in [2.05, 4.69) is 4.72 Å². The van der Waals surface area contributed by atoms with Crippen molar-refractivity contribution in [3.63, 3.8) is 0 Å². The molecule has 0 radical (unpaired) electrons. The van der Waals surface area contributed by atoms with Crippen molar-refractivity contribution in [1.29, 1.82) is 0 Å². The first-order valence-corrected chi connectivity index (χ1v) is 8.30. The first kappa shape index (κ1) is 13.9. The lowest BCUT2D eigenvalue weighted by Crippen LogP contribution is -2.14. The highest BCUT2D eigenvalue weighted by atomic mass is 32.2. The second kappa shape index (κ2) is 5.07. The highest BCUT2D eigenvalue weighted by Crippen LogP contribution is 2.29. The van der Waals surface area contributed by atoms with Crippen LogP contribution in [-0.4, -0.2) is 15.0 Å². The Kier molecular flexibility index (Phi) is 3.37. The van der Waals surface area contributed by atoms with Crippen LogP contribution in [-0.2, 0) is 16.4 Å². The molecule has 110 valence electrons. The van der Waals surface area contributed by atoms with Crippen LogP contribution in [0.5, 0.6) is 5.75 Å². The van der Waals surface area contributed by atoms with Crippen LogP contribution < -0.4 is 9.46 Å². The number of rotatable bonds is 3. The van der Waals surface area contributed by atoms with Crippen molar-refractivity contribution in [2.45, 2.75) is 25.2 Å². The number of fused-ring (bicyclic) bond motifs is 1. The molecule has 1 heterocycles. The lowest BCUT2D eigenvalue weighted by atomic mass is 10.1. The molecule has 0 unspecified atom stereocenters. The van der Waals surface area contributed by atoms with E-state index in [1.165, 1.54) is 0 Å². The average Bonchev–Trinajstić information content (AvgIpc) is 2.85. The number of benzene rings is 2. The van der Waals surface area contributed by atoms with Gasteiger partial charge in [-0.15, -0.1) is 0 Å². The summed E-state index contributed by atoms with van der Waals surface area (Å²) in [4.78, 5) is 0.310. The molecule has 0 saturated heterocycles. The first-order valence-electron chi connectivity index (χ1n) is 6.81. The van der Waals surface area contributed by atoms with Gasteiger partial charge in [0.25, 0.3) is 10.0 Å². The van der Waals surface area contributed by atoms with Gasteiger partial charge in [-0.05, 0) is 49.2 Å². The van der Waals surface area contributed by atoms with Crippen LogP contribution in [0.4, 0.5) is 5.69 Å². The number of hydrogen-bond acceptors (Lipinski definition) is 3. The molecule has 0 aromatic heterocycles. The van der Waals surface area contributed by atoms with Gasteiger partial charge in [0.05, 0.1) is 11.5 Å². The Morgan fingerprint density at radius 2 is 1.90 bits per heavy atom. The summed E-state index contributed by atoms with van der Waals surface area (Å²) in [5, 5.41) is 0. The monoisotopic (exact) mass is 303 g/mol. The zero-order valence-electron chi connectivity index (χ0n) is 12.0. The van der Waals surface area contributed by atoms with E-state index in [1.807, 2.05) is 25.1 Å². The molecule has 1 aliphatic rings. The molecule has 21 heavy (non-hydrogen) atoms. The summed E-state index contributed by atoms with van der Waals surface area (Å²) >= 11 is 0. The molecule has 1 N–H and O–H groups in total. The maximum absolute atomic E-state index is 12.5. The molecule has 0 aliphatic carbocycles. The summed E-state index contributed by atoms with van der Waals surface area (Å²) in [5.41, 5.74) is 3.39. The molecule has 2 aromatic rings. The smallest absolute Gasteiger partial charge is 0.262 e. The molecule has 0 amide bonds. The third-order valence-corrected chi connectivity index (χ3v) is 5.10. The van der Waals surface area contributed by atoms with Crippen LogP contribution in [0.1, 0.15) is 16.7 Å². The van der Waals surface area contributed by atoms with Gasteiger partial charge in [-0.25, -0.2) is 8.42 Å². The average molecular weight is 303 g/mol. The number of ether oxygens (including phenoxy) is 1. The number of sulfonamides is 1. The van der Waals surface area contributed by atoms with Crippen molar-refractivity contribution in [2.24, 2.45) is 0 Å². The lowest BCUT2D eigenvalue weighted by Gasteiger charge is -2.11. The van der Waals surface area contributed by atoms with Gasteiger partial charge in [-0.3, -0.25) is 4.72 Å². The fourth-order valence-corrected chi connectivity index (χ4v) is 3.84. The summed E-state index contributed by atoms with van der Waals surface area (Å²) in [6.45, 7) is 4.40. The van der Waals surface area contributed by atoms with Gasteiger partial charge in [0.1, 0.15) is 5.75 Å². The fraction of sp³-hybridized carbons (Fsp3) is 0.250. The number of aryl methyl sites for hydroxylation is 2. The van der Waals surface area contributed by atoms with E-state index >= 15 is 0 Å². The molecular weight excluding hydrogens is 286 g/mol. The zero-order valence-corrected chi connectivity index (χ0v) is 12.8. The molecule has 5 heteroatoms. The SMILES string of the molecule is Cc1ccc(S(=O)(=O)Nc2ccc3c(c2)CCO3)c(C)c1. The highest BCUT2D eigenvalue weighted by molar-refractivity contribution is 7.92. The molecule has 0 saturated carbocycles. The molecule has 0 fully saturated rings. The Morgan fingerprint density at radius 1 is 1.10 bits per heavy atom. The summed E-state index contributed by atoms with van der Waals surface area (Å²) < 4.78 is 33.0. The minimum atomic E-state index is -3.57. The number of nitrogens with one attached hydrogen (secondary N) is 1. The third kappa shape index (κ3) is 2.74. The van der Waals surface area contributed by atoms with E-state index in [4.69, 9.17) is 4.74 Å². The van der Waals surface area contributed by atoms with Gasteiger partial charge >= 0.3 is 0 Å². The number of hydrogen-bond donors (Lipinski definition) is 1. The van der Waals surface area contributed by atoms with Crippen molar-refractivity contribution in [3.8, 4) is 5.75 Å². The second-order valence-corrected chi connectivity index (χ2v) is 6.95. The molecule has 1 aliphatic heterocycles. The fourth-order valence-electron chi connectivity index (χ4n) is 2.56. The third-order valence-electron chi connectivity index (χ3n) is 3.56. The number of anilines is 1. The van der Waals surface area contributed by atoms with Crippen LogP contribution in [0.3, 0.4) is 0 Å². The van der Waals surface area contributed by atoms with Crippen molar-refractivity contribution >= 4 is 15.7 Å². The van der Waals surface area contributed by atoms with Crippen LogP contribution >= 0.6 is 0 Å². The molecule has 0 atom stereocenters. The highest BCUT2D eigenvalue weighted by Gasteiger charge is 2.18. The summed E-state index contributed by atoms with van der Waals surface area (Å²) in [6.07, 6.45) is 0.814. The first-order chi connectivity index (χ1) is 9.95. The van der Waals surface area contributed by atoms with E-state index in [0.29, 0.717) is 17.2 Å². The maximum atomic E-state index is 12.5. The topological polar surface area (TPSA) is 55.4 Å². The normalized spacial score (nSPS) is 13.6. The Labute approximate surface area is 124 Å². The zero-order chi connectivity index (χ0) is 15.0. The predicted octanol–water partition coefficient (Wildman–Crippen LogP) is 3.04. The minimum Gasteiger partial charge on any atom is -0.493 e. The van der Waals surface area contributed by atoms with E-state index in [9.17, 15) is 8.42 Å². The van der Waals surface area contributed by atoms with Crippen LogP contribution in [0.2, 0.25) is 0 Å². The van der Waals surface area contributed by atoms with Crippen LogP contribution in [0.15, 0.2) is 41.3 Å². The quantitative estimate of drug-likeness (QED) is 0.948. The largest absolute Gasteiger partial charge is 0.493 e. The molecular formula is C16H17NO3S.